The number of hydrogen-bond acceptors (Lipinski definition) is 5. The van der Waals surface area contributed by atoms with Crippen LogP contribution >= 0.6 is 12.4 Å². The Morgan fingerprint density at radius 3 is 1.90 bits per heavy atom. The third-order valence-electron chi connectivity index (χ3n) is 4.27. The van der Waals surface area contributed by atoms with E-state index in [9.17, 15) is 9.59 Å². The van der Waals surface area contributed by atoms with Crippen LogP contribution in [0.2, 0.25) is 0 Å². The van der Waals surface area contributed by atoms with E-state index in [1.807, 2.05) is 42.5 Å². The van der Waals surface area contributed by atoms with E-state index in [0.29, 0.717) is 29.0 Å². The minimum Gasteiger partial charge on any atom is -0.468 e. The Hall–Kier alpha value is -3.15. The summed E-state index contributed by atoms with van der Waals surface area (Å²) in [6.07, 6.45) is 0.392. The maximum absolute atomic E-state index is 12.4. The van der Waals surface area contributed by atoms with Crippen molar-refractivity contribution >= 4 is 24.2 Å². The monoisotopic (exact) mass is 411 g/mol. The van der Waals surface area contributed by atoms with Gasteiger partial charge in [-0.25, -0.2) is 0 Å². The first kappa shape index (κ1) is 22.1. The average Bonchev–Trinajstić information content (AvgIpc) is 2.75. The first-order valence-corrected chi connectivity index (χ1v) is 8.87. The Bertz CT molecular complexity index is 941. The van der Waals surface area contributed by atoms with Gasteiger partial charge in [0.1, 0.15) is 17.5 Å². The number of esters is 1. The van der Waals surface area contributed by atoms with Crippen molar-refractivity contribution in [2.24, 2.45) is 5.73 Å². The lowest BCUT2D eigenvalue weighted by Crippen LogP contribution is -2.33. The first-order chi connectivity index (χ1) is 13.6. The van der Waals surface area contributed by atoms with Crippen LogP contribution in [-0.2, 0) is 16.0 Å². The fourth-order valence-corrected chi connectivity index (χ4v) is 2.75. The molecule has 0 aliphatic rings. The fourth-order valence-electron chi connectivity index (χ4n) is 2.75. The molecule has 6 heteroatoms. The standard InChI is InChI=1S/C23H21NO4.ClH/c1-27-23(26)21(24)15-16-7-11-19(12-8-16)28-20-13-9-18(10-14-20)22(25)17-5-3-2-4-6-17;/h2-14,21H,15,24H2,1H3;1H/t21-;/m1./s1. The molecule has 0 bridgehead atoms. The number of benzene rings is 3. The maximum atomic E-state index is 12.4. The van der Waals surface area contributed by atoms with Crippen LogP contribution in [0.25, 0.3) is 0 Å². The second kappa shape index (κ2) is 10.4. The minimum absolute atomic E-state index is 0. The second-order valence-corrected chi connectivity index (χ2v) is 6.30. The van der Waals surface area contributed by atoms with E-state index < -0.39 is 12.0 Å². The summed E-state index contributed by atoms with van der Waals surface area (Å²) in [5.41, 5.74) is 7.93. The van der Waals surface area contributed by atoms with Crippen LogP contribution in [0.5, 0.6) is 11.5 Å². The molecule has 0 aromatic heterocycles. The molecule has 0 saturated carbocycles. The van der Waals surface area contributed by atoms with Gasteiger partial charge in [0.15, 0.2) is 5.78 Å². The molecule has 29 heavy (non-hydrogen) atoms. The number of methoxy groups -OCH3 is 1. The van der Waals surface area contributed by atoms with E-state index in [-0.39, 0.29) is 18.2 Å². The predicted octanol–water partition coefficient (Wildman–Crippen LogP) is 4.17. The van der Waals surface area contributed by atoms with E-state index >= 15 is 0 Å². The van der Waals surface area contributed by atoms with Crippen LogP contribution < -0.4 is 10.5 Å². The molecule has 0 amide bonds. The van der Waals surface area contributed by atoms with Crippen molar-refractivity contribution in [2.75, 3.05) is 7.11 Å². The van der Waals surface area contributed by atoms with Crippen LogP contribution in [0.1, 0.15) is 21.5 Å². The van der Waals surface area contributed by atoms with Crippen LogP contribution in [-0.4, -0.2) is 24.9 Å². The van der Waals surface area contributed by atoms with Gasteiger partial charge in [-0.3, -0.25) is 9.59 Å². The van der Waals surface area contributed by atoms with Crippen molar-refractivity contribution in [3.8, 4) is 11.5 Å². The molecule has 3 rings (SSSR count). The molecule has 5 nitrogen and oxygen atoms in total. The quantitative estimate of drug-likeness (QED) is 0.466. The van der Waals surface area contributed by atoms with Gasteiger partial charge in [0, 0.05) is 11.1 Å². The summed E-state index contributed by atoms with van der Waals surface area (Å²) >= 11 is 0. The lowest BCUT2D eigenvalue weighted by atomic mass is 10.0. The molecule has 3 aromatic carbocycles. The molecular weight excluding hydrogens is 390 g/mol. The SMILES string of the molecule is COC(=O)[C@H](N)Cc1ccc(Oc2ccc(C(=O)c3ccccc3)cc2)cc1.Cl. The molecule has 1 atom stereocenters. The number of hydrogen-bond donors (Lipinski definition) is 1. The van der Waals surface area contributed by atoms with Gasteiger partial charge in [-0.05, 0) is 48.4 Å². The Balaban J connectivity index is 0.00000300. The van der Waals surface area contributed by atoms with E-state index in [1.165, 1.54) is 7.11 Å². The van der Waals surface area contributed by atoms with Crippen LogP contribution in [0.15, 0.2) is 78.9 Å². The molecule has 150 valence electrons. The summed E-state index contributed by atoms with van der Waals surface area (Å²) in [7, 11) is 1.32. The highest BCUT2D eigenvalue weighted by molar-refractivity contribution is 6.08. The van der Waals surface area contributed by atoms with E-state index in [0.717, 1.165) is 5.56 Å². The lowest BCUT2D eigenvalue weighted by Gasteiger charge is -2.10. The van der Waals surface area contributed by atoms with Crippen LogP contribution in [0.4, 0.5) is 0 Å². The summed E-state index contributed by atoms with van der Waals surface area (Å²) in [6.45, 7) is 0. The van der Waals surface area contributed by atoms with Gasteiger partial charge >= 0.3 is 5.97 Å². The molecule has 0 radical (unpaired) electrons. The van der Waals surface area contributed by atoms with Gasteiger partial charge in [0.05, 0.1) is 7.11 Å². The fraction of sp³-hybridized carbons (Fsp3) is 0.130. The molecule has 0 saturated heterocycles. The van der Waals surface area contributed by atoms with E-state index in [4.69, 9.17) is 10.5 Å². The smallest absolute Gasteiger partial charge is 0.322 e. The Morgan fingerprint density at radius 1 is 0.828 bits per heavy atom. The van der Waals surface area contributed by atoms with Gasteiger partial charge in [-0.2, -0.15) is 0 Å². The first-order valence-electron chi connectivity index (χ1n) is 8.87. The van der Waals surface area contributed by atoms with Crippen LogP contribution in [0, 0.1) is 0 Å². The Kier molecular flexibility index (Phi) is 7.95. The van der Waals surface area contributed by atoms with Gasteiger partial charge in [-0.1, -0.05) is 42.5 Å². The minimum atomic E-state index is -0.688. The largest absolute Gasteiger partial charge is 0.468 e. The number of nitrogens with two attached hydrogens (primary N) is 1. The molecule has 0 aliphatic heterocycles. The average molecular weight is 412 g/mol. The maximum Gasteiger partial charge on any atom is 0.322 e. The highest BCUT2D eigenvalue weighted by Crippen LogP contribution is 2.23. The number of carbonyl (C=O) groups excluding carboxylic acids is 2. The summed E-state index contributed by atoms with van der Waals surface area (Å²) in [5.74, 6) is 0.810. The van der Waals surface area contributed by atoms with Crippen molar-refractivity contribution < 1.29 is 19.1 Å². The zero-order valence-electron chi connectivity index (χ0n) is 15.9. The normalized spacial score (nSPS) is 11.1. The molecule has 0 spiro atoms. The number of carbonyl (C=O) groups is 2. The molecule has 0 heterocycles. The summed E-state index contributed by atoms with van der Waals surface area (Å²) in [5, 5.41) is 0. The molecule has 0 fully saturated rings. The summed E-state index contributed by atoms with van der Waals surface area (Å²) in [4.78, 5) is 23.8. The molecule has 2 N–H and O–H groups in total. The third kappa shape index (κ3) is 5.91. The summed E-state index contributed by atoms with van der Waals surface area (Å²) in [6, 6.07) is 22.8. The van der Waals surface area contributed by atoms with Crippen molar-refractivity contribution in [3.63, 3.8) is 0 Å². The predicted molar refractivity (Wildman–Crippen MR) is 114 cm³/mol. The van der Waals surface area contributed by atoms with E-state index in [1.54, 1.807) is 36.4 Å². The van der Waals surface area contributed by atoms with Gasteiger partial charge in [0.25, 0.3) is 0 Å². The molecule has 0 aliphatic carbocycles. The Labute approximate surface area is 175 Å². The van der Waals surface area contributed by atoms with E-state index in [2.05, 4.69) is 4.74 Å². The highest BCUT2D eigenvalue weighted by Gasteiger charge is 2.14. The number of rotatable bonds is 7. The van der Waals surface area contributed by atoms with Crippen LogP contribution in [0.3, 0.4) is 0 Å². The highest BCUT2D eigenvalue weighted by atomic mass is 35.5. The summed E-state index contributed by atoms with van der Waals surface area (Å²) < 4.78 is 10.4. The van der Waals surface area contributed by atoms with Gasteiger partial charge in [-0.15, -0.1) is 12.4 Å². The zero-order valence-corrected chi connectivity index (χ0v) is 16.7. The number of ether oxygens (including phenoxy) is 2. The molecular formula is C23H22ClNO4. The van der Waals surface area contributed by atoms with Crippen molar-refractivity contribution in [3.05, 3.63) is 95.6 Å². The number of halogens is 1. The van der Waals surface area contributed by atoms with Gasteiger partial charge < -0.3 is 15.2 Å². The second-order valence-electron chi connectivity index (χ2n) is 6.30. The van der Waals surface area contributed by atoms with Crippen molar-refractivity contribution in [2.45, 2.75) is 12.5 Å². The lowest BCUT2D eigenvalue weighted by molar-refractivity contribution is -0.142. The molecule has 3 aromatic rings. The third-order valence-corrected chi connectivity index (χ3v) is 4.27. The molecule has 0 unspecified atom stereocenters. The van der Waals surface area contributed by atoms with Crippen molar-refractivity contribution in [1.29, 1.82) is 0 Å². The zero-order chi connectivity index (χ0) is 19.9. The Morgan fingerprint density at radius 2 is 1.34 bits per heavy atom. The van der Waals surface area contributed by atoms with Crippen molar-refractivity contribution in [1.82, 2.24) is 0 Å². The van der Waals surface area contributed by atoms with Gasteiger partial charge in [0.2, 0.25) is 0 Å². The number of ketones is 1. The topological polar surface area (TPSA) is 78.6 Å².